The van der Waals surface area contributed by atoms with Crippen molar-refractivity contribution in [3.05, 3.63) is 0 Å². The maximum absolute atomic E-state index is 13.0. The van der Waals surface area contributed by atoms with Crippen LogP contribution < -0.4 is 0 Å². The van der Waals surface area contributed by atoms with Crippen molar-refractivity contribution in [3.8, 4) is 0 Å². The number of rotatable bonds is 11. The zero-order valence-electron chi connectivity index (χ0n) is 18.2. The van der Waals surface area contributed by atoms with Crippen molar-refractivity contribution in [2.75, 3.05) is 0 Å². The SMILES string of the molecule is CCC(C)OC(=O)C(C)(OC(C)C)C(C)(OC(C)C)C(=O)OC(C)CC. The number of hydrogen-bond donors (Lipinski definition) is 0. The van der Waals surface area contributed by atoms with Crippen molar-refractivity contribution < 1.29 is 28.5 Å². The van der Waals surface area contributed by atoms with Gasteiger partial charge in [0.2, 0.25) is 11.2 Å². The highest BCUT2D eigenvalue weighted by Crippen LogP contribution is 2.36. The van der Waals surface area contributed by atoms with Crippen LogP contribution in [0.4, 0.5) is 0 Å². The normalized spacial score (nSPS) is 18.8. The first-order valence-corrected chi connectivity index (χ1v) is 9.61. The Labute approximate surface area is 158 Å². The molecule has 0 radical (unpaired) electrons. The van der Waals surface area contributed by atoms with E-state index in [2.05, 4.69) is 0 Å². The van der Waals surface area contributed by atoms with Gasteiger partial charge in [0, 0.05) is 0 Å². The topological polar surface area (TPSA) is 71.1 Å². The lowest BCUT2D eigenvalue weighted by molar-refractivity contribution is -0.245. The van der Waals surface area contributed by atoms with E-state index < -0.39 is 23.1 Å². The third kappa shape index (κ3) is 6.23. The predicted molar refractivity (Wildman–Crippen MR) is 101 cm³/mol. The zero-order chi connectivity index (χ0) is 20.7. The van der Waals surface area contributed by atoms with Crippen LogP contribution in [0.25, 0.3) is 0 Å². The van der Waals surface area contributed by atoms with Gasteiger partial charge in [-0.05, 0) is 68.2 Å². The molecule has 0 aromatic rings. The van der Waals surface area contributed by atoms with E-state index >= 15 is 0 Å². The van der Waals surface area contributed by atoms with Crippen LogP contribution >= 0.6 is 0 Å². The molecule has 0 fully saturated rings. The Balaban J connectivity index is 6.08. The third-order valence-corrected chi connectivity index (χ3v) is 4.40. The molecule has 0 N–H and O–H groups in total. The van der Waals surface area contributed by atoms with Gasteiger partial charge in [-0.1, -0.05) is 13.8 Å². The molecule has 0 aliphatic heterocycles. The summed E-state index contributed by atoms with van der Waals surface area (Å²) in [7, 11) is 0. The van der Waals surface area contributed by atoms with Gasteiger partial charge in [0.15, 0.2) is 0 Å². The summed E-state index contributed by atoms with van der Waals surface area (Å²) in [6, 6.07) is 0. The third-order valence-electron chi connectivity index (χ3n) is 4.40. The second-order valence-electron chi connectivity index (χ2n) is 7.65. The quantitative estimate of drug-likeness (QED) is 0.508. The van der Waals surface area contributed by atoms with Crippen LogP contribution in [0.2, 0.25) is 0 Å². The van der Waals surface area contributed by atoms with Gasteiger partial charge in [-0.25, -0.2) is 9.59 Å². The highest BCUT2D eigenvalue weighted by Gasteiger charge is 2.61. The Hall–Kier alpha value is -1.14. The molecule has 0 aliphatic rings. The van der Waals surface area contributed by atoms with Crippen LogP contribution in [0, 0.1) is 0 Å². The molecule has 0 saturated heterocycles. The summed E-state index contributed by atoms with van der Waals surface area (Å²) in [4.78, 5) is 26.0. The van der Waals surface area contributed by atoms with Gasteiger partial charge in [-0.15, -0.1) is 0 Å². The Morgan fingerprint density at radius 1 is 0.692 bits per heavy atom. The minimum Gasteiger partial charge on any atom is -0.460 e. The van der Waals surface area contributed by atoms with Crippen molar-refractivity contribution in [1.29, 1.82) is 0 Å². The summed E-state index contributed by atoms with van der Waals surface area (Å²) >= 11 is 0. The van der Waals surface area contributed by atoms with Gasteiger partial charge < -0.3 is 18.9 Å². The van der Waals surface area contributed by atoms with Crippen LogP contribution in [0.5, 0.6) is 0 Å². The minimum absolute atomic E-state index is 0.300. The Morgan fingerprint density at radius 3 is 1.15 bits per heavy atom. The minimum atomic E-state index is -1.65. The average Bonchev–Trinajstić information content (AvgIpc) is 2.52. The summed E-state index contributed by atoms with van der Waals surface area (Å²) in [6.45, 7) is 17.7. The van der Waals surface area contributed by atoms with E-state index in [-0.39, 0.29) is 24.4 Å². The average molecular weight is 375 g/mol. The monoisotopic (exact) mass is 374 g/mol. The molecule has 26 heavy (non-hydrogen) atoms. The summed E-state index contributed by atoms with van der Waals surface area (Å²) in [6.07, 6.45) is 0.0652. The summed E-state index contributed by atoms with van der Waals surface area (Å²) < 4.78 is 22.9. The van der Waals surface area contributed by atoms with Gasteiger partial charge in [0.25, 0.3) is 0 Å². The van der Waals surface area contributed by atoms with E-state index in [0.717, 1.165) is 0 Å². The van der Waals surface area contributed by atoms with Gasteiger partial charge in [0.05, 0.1) is 24.4 Å². The Morgan fingerprint density at radius 2 is 0.962 bits per heavy atom. The lowest BCUT2D eigenvalue weighted by atomic mass is 9.84. The van der Waals surface area contributed by atoms with E-state index in [0.29, 0.717) is 12.8 Å². The second-order valence-corrected chi connectivity index (χ2v) is 7.65. The van der Waals surface area contributed by atoms with Crippen LogP contribution in [0.15, 0.2) is 0 Å². The molecule has 0 aliphatic carbocycles. The van der Waals surface area contributed by atoms with E-state index in [4.69, 9.17) is 18.9 Å². The molecule has 0 bridgehead atoms. The van der Waals surface area contributed by atoms with Crippen LogP contribution in [0.3, 0.4) is 0 Å². The molecule has 154 valence electrons. The first-order chi connectivity index (χ1) is 11.8. The fourth-order valence-corrected chi connectivity index (χ4v) is 2.41. The van der Waals surface area contributed by atoms with Crippen LogP contribution in [0.1, 0.15) is 82.1 Å². The molecule has 0 amide bonds. The predicted octanol–water partition coefficient (Wildman–Crippen LogP) is 4.04. The van der Waals surface area contributed by atoms with Crippen molar-refractivity contribution in [1.82, 2.24) is 0 Å². The smallest absolute Gasteiger partial charge is 0.342 e. The van der Waals surface area contributed by atoms with Gasteiger partial charge in [-0.2, -0.15) is 0 Å². The molecule has 0 aromatic heterocycles. The van der Waals surface area contributed by atoms with Gasteiger partial charge in [0.1, 0.15) is 0 Å². The van der Waals surface area contributed by atoms with E-state index in [1.54, 1.807) is 41.5 Å². The van der Waals surface area contributed by atoms with Gasteiger partial charge in [-0.3, -0.25) is 0 Å². The second kappa shape index (κ2) is 10.3. The maximum atomic E-state index is 13.0. The zero-order valence-corrected chi connectivity index (χ0v) is 18.2. The van der Waals surface area contributed by atoms with Crippen molar-refractivity contribution in [2.24, 2.45) is 0 Å². The molecule has 0 saturated carbocycles. The molecule has 6 heteroatoms. The first kappa shape index (κ1) is 24.9. The number of carbonyl (C=O) groups excluding carboxylic acids is 2. The fraction of sp³-hybridized carbons (Fsp3) is 0.900. The lowest BCUT2D eigenvalue weighted by Gasteiger charge is -2.44. The molecule has 0 heterocycles. The van der Waals surface area contributed by atoms with Crippen molar-refractivity contribution >= 4 is 11.9 Å². The summed E-state index contributed by atoms with van der Waals surface area (Å²) in [5.74, 6) is -1.27. The van der Waals surface area contributed by atoms with E-state index in [1.165, 1.54) is 13.8 Å². The van der Waals surface area contributed by atoms with E-state index in [9.17, 15) is 9.59 Å². The number of hydrogen-bond acceptors (Lipinski definition) is 6. The molecular formula is C20H38O6. The number of esters is 2. The van der Waals surface area contributed by atoms with Crippen molar-refractivity contribution in [2.45, 2.75) is 118 Å². The molecule has 0 aromatic carbocycles. The van der Waals surface area contributed by atoms with Crippen molar-refractivity contribution in [3.63, 3.8) is 0 Å². The molecule has 0 rings (SSSR count). The highest BCUT2D eigenvalue weighted by molar-refractivity contribution is 5.92. The summed E-state index contributed by atoms with van der Waals surface area (Å²) in [5, 5.41) is 0. The molecular weight excluding hydrogens is 336 g/mol. The fourth-order valence-electron chi connectivity index (χ4n) is 2.41. The van der Waals surface area contributed by atoms with E-state index in [1.807, 2.05) is 13.8 Å². The van der Waals surface area contributed by atoms with Gasteiger partial charge >= 0.3 is 11.9 Å². The first-order valence-electron chi connectivity index (χ1n) is 9.61. The standard InChI is InChI=1S/C20H38O6/c1-11-15(7)23-17(21)19(9,25-13(3)4)20(10,26-14(5)6)18(22)24-16(8)12-2/h13-16H,11-12H2,1-10H3. The maximum Gasteiger partial charge on any atom is 0.342 e. The highest BCUT2D eigenvalue weighted by atomic mass is 16.6. The number of carbonyl (C=O) groups is 2. The number of ether oxygens (including phenoxy) is 4. The Kier molecular flexibility index (Phi) is 9.81. The van der Waals surface area contributed by atoms with Crippen LogP contribution in [-0.2, 0) is 28.5 Å². The molecule has 6 nitrogen and oxygen atoms in total. The summed E-state index contributed by atoms with van der Waals surface area (Å²) in [5.41, 5.74) is -3.31. The lowest BCUT2D eigenvalue weighted by Crippen LogP contribution is -2.65. The largest absolute Gasteiger partial charge is 0.460 e. The molecule has 4 unspecified atom stereocenters. The Bertz CT molecular complexity index is 419. The molecule has 0 spiro atoms. The molecule has 4 atom stereocenters. The van der Waals surface area contributed by atoms with Crippen LogP contribution in [-0.4, -0.2) is 47.6 Å².